The van der Waals surface area contributed by atoms with Crippen molar-refractivity contribution in [1.29, 1.82) is 0 Å². The van der Waals surface area contributed by atoms with E-state index < -0.39 is 11.9 Å². The number of nitrogens with zero attached hydrogens (tertiary/aromatic N) is 4. The number of aromatic nitrogens is 6. The molecule has 0 fully saturated rings. The summed E-state index contributed by atoms with van der Waals surface area (Å²) in [5.41, 5.74) is 1.74. The summed E-state index contributed by atoms with van der Waals surface area (Å²) in [6, 6.07) is 5.25. The van der Waals surface area contributed by atoms with E-state index in [0.717, 1.165) is 6.07 Å². The minimum absolute atomic E-state index is 0.238. The van der Waals surface area contributed by atoms with E-state index >= 15 is 0 Å². The van der Waals surface area contributed by atoms with Crippen LogP contribution in [-0.2, 0) is 6.18 Å². The van der Waals surface area contributed by atoms with Gasteiger partial charge in [0.1, 0.15) is 17.5 Å². The summed E-state index contributed by atoms with van der Waals surface area (Å²) in [6.45, 7) is 1.86. The molecule has 4 rings (SSSR count). The number of halogens is 3. The highest BCUT2D eigenvalue weighted by molar-refractivity contribution is 5.82. The van der Waals surface area contributed by atoms with Gasteiger partial charge >= 0.3 is 6.18 Å². The van der Waals surface area contributed by atoms with E-state index in [1.54, 1.807) is 18.3 Å². The lowest BCUT2D eigenvalue weighted by molar-refractivity contribution is -0.141. The van der Waals surface area contributed by atoms with Crippen LogP contribution in [-0.4, -0.2) is 29.9 Å². The molecule has 10 heteroatoms. The third kappa shape index (κ3) is 3.21. The molecule has 138 valence electrons. The third-order valence-electron chi connectivity index (χ3n) is 4.10. The van der Waals surface area contributed by atoms with Gasteiger partial charge in [-0.3, -0.25) is 0 Å². The molecule has 0 spiro atoms. The Morgan fingerprint density at radius 3 is 2.74 bits per heavy atom. The molecule has 0 saturated heterocycles. The van der Waals surface area contributed by atoms with Crippen molar-refractivity contribution in [3.63, 3.8) is 0 Å². The van der Waals surface area contributed by atoms with Gasteiger partial charge in [0.15, 0.2) is 11.5 Å². The molecule has 4 aromatic rings. The lowest BCUT2D eigenvalue weighted by atomic mass is 10.1. The first-order valence-corrected chi connectivity index (χ1v) is 8.06. The van der Waals surface area contributed by atoms with Gasteiger partial charge in [-0.1, -0.05) is 6.07 Å². The van der Waals surface area contributed by atoms with Crippen molar-refractivity contribution < 1.29 is 13.2 Å². The lowest BCUT2D eigenvalue weighted by Gasteiger charge is -2.16. The normalized spacial score (nSPS) is 13.0. The van der Waals surface area contributed by atoms with Crippen molar-refractivity contribution in [3.8, 4) is 11.3 Å². The molecule has 0 saturated carbocycles. The highest BCUT2D eigenvalue weighted by atomic mass is 19.4. The SMILES string of the molecule is C[C@H](Nc1ncnc2[nH]cnc12)c1[nH]ccc1-c1cccc(C(F)(F)F)n1. The smallest absolute Gasteiger partial charge is 0.363 e. The standard InChI is InChI=1S/C17H14F3N7/c1-9(26-16-14-15(23-7-22-14)24-8-25-16)13-10(5-6-21-13)11-3-2-4-12(27-11)17(18,19)20/h2-9,21H,1H3,(H2,22,23,24,25,26)/t9-/m0/s1. The predicted molar refractivity (Wildman–Crippen MR) is 92.7 cm³/mol. The molecule has 0 bridgehead atoms. The van der Waals surface area contributed by atoms with E-state index in [1.807, 2.05) is 6.92 Å². The molecular formula is C17H14F3N7. The van der Waals surface area contributed by atoms with Gasteiger partial charge in [0.2, 0.25) is 0 Å². The first-order valence-electron chi connectivity index (χ1n) is 8.06. The minimum atomic E-state index is -4.50. The Kier molecular flexibility index (Phi) is 4.02. The summed E-state index contributed by atoms with van der Waals surface area (Å²) in [6.07, 6.45) is 0.0825. The highest BCUT2D eigenvalue weighted by Crippen LogP contribution is 2.32. The van der Waals surface area contributed by atoms with Crippen LogP contribution >= 0.6 is 0 Å². The summed E-state index contributed by atoms with van der Waals surface area (Å²) in [4.78, 5) is 22.2. The zero-order chi connectivity index (χ0) is 19.0. The fraction of sp³-hybridized carbons (Fsp3) is 0.176. The van der Waals surface area contributed by atoms with Crippen molar-refractivity contribution in [2.24, 2.45) is 0 Å². The first kappa shape index (κ1) is 17.0. The van der Waals surface area contributed by atoms with E-state index in [2.05, 4.69) is 35.2 Å². The van der Waals surface area contributed by atoms with Crippen molar-refractivity contribution in [2.45, 2.75) is 19.1 Å². The molecule has 0 radical (unpaired) electrons. The van der Waals surface area contributed by atoms with E-state index in [-0.39, 0.29) is 11.7 Å². The van der Waals surface area contributed by atoms with Gasteiger partial charge in [-0.05, 0) is 25.1 Å². The van der Waals surface area contributed by atoms with Crippen LogP contribution in [0.25, 0.3) is 22.4 Å². The molecule has 7 nitrogen and oxygen atoms in total. The van der Waals surface area contributed by atoms with Gasteiger partial charge in [-0.2, -0.15) is 13.2 Å². The number of imidazole rings is 1. The van der Waals surface area contributed by atoms with Crippen LogP contribution in [0, 0.1) is 0 Å². The number of pyridine rings is 1. The van der Waals surface area contributed by atoms with Crippen LogP contribution in [0.15, 0.2) is 43.1 Å². The molecule has 0 amide bonds. The van der Waals surface area contributed by atoms with E-state index in [9.17, 15) is 13.2 Å². The van der Waals surface area contributed by atoms with Crippen LogP contribution in [0.2, 0.25) is 0 Å². The topological polar surface area (TPSA) is 95.2 Å². The highest BCUT2D eigenvalue weighted by Gasteiger charge is 2.32. The molecule has 1 atom stereocenters. The van der Waals surface area contributed by atoms with E-state index in [1.165, 1.54) is 18.7 Å². The van der Waals surface area contributed by atoms with E-state index in [0.29, 0.717) is 28.2 Å². The second-order valence-electron chi connectivity index (χ2n) is 5.90. The number of hydrogen-bond acceptors (Lipinski definition) is 5. The number of fused-ring (bicyclic) bond motifs is 1. The number of hydrogen-bond donors (Lipinski definition) is 3. The van der Waals surface area contributed by atoms with Crippen LogP contribution in [0.3, 0.4) is 0 Å². The van der Waals surface area contributed by atoms with Crippen molar-refractivity contribution in [2.75, 3.05) is 5.32 Å². The lowest BCUT2D eigenvalue weighted by Crippen LogP contribution is -2.11. The fourth-order valence-electron chi connectivity index (χ4n) is 2.85. The van der Waals surface area contributed by atoms with Gasteiger partial charge in [-0.15, -0.1) is 0 Å². The van der Waals surface area contributed by atoms with Gasteiger partial charge in [-0.25, -0.2) is 19.9 Å². The first-order chi connectivity index (χ1) is 12.9. The Balaban J connectivity index is 1.67. The molecule has 4 aromatic heterocycles. The molecule has 4 heterocycles. The molecule has 0 aliphatic carbocycles. The summed E-state index contributed by atoms with van der Waals surface area (Å²) in [5.74, 6) is 0.520. The largest absolute Gasteiger partial charge is 0.433 e. The Labute approximate surface area is 151 Å². The summed E-state index contributed by atoms with van der Waals surface area (Å²) < 4.78 is 38.9. The number of anilines is 1. The maximum atomic E-state index is 13.0. The van der Waals surface area contributed by atoms with Gasteiger partial charge < -0.3 is 15.3 Å². The molecule has 3 N–H and O–H groups in total. The number of rotatable bonds is 4. The second kappa shape index (κ2) is 6.38. The second-order valence-corrected chi connectivity index (χ2v) is 5.90. The fourth-order valence-corrected chi connectivity index (χ4v) is 2.85. The Bertz CT molecular complexity index is 1080. The zero-order valence-electron chi connectivity index (χ0n) is 14.0. The van der Waals surface area contributed by atoms with Crippen LogP contribution in [0.4, 0.5) is 19.0 Å². The molecule has 0 aliphatic heterocycles. The maximum Gasteiger partial charge on any atom is 0.433 e. The molecule has 0 unspecified atom stereocenters. The monoisotopic (exact) mass is 373 g/mol. The Morgan fingerprint density at radius 2 is 1.93 bits per heavy atom. The van der Waals surface area contributed by atoms with Gasteiger partial charge in [0, 0.05) is 17.5 Å². The third-order valence-corrected chi connectivity index (χ3v) is 4.10. The van der Waals surface area contributed by atoms with Crippen molar-refractivity contribution >= 4 is 17.0 Å². The molecule has 27 heavy (non-hydrogen) atoms. The molecule has 0 aromatic carbocycles. The number of nitrogens with one attached hydrogen (secondary N) is 3. The van der Waals surface area contributed by atoms with E-state index in [4.69, 9.17) is 0 Å². The quantitative estimate of drug-likeness (QED) is 0.504. The average molecular weight is 373 g/mol. The summed E-state index contributed by atoms with van der Waals surface area (Å²) in [5, 5.41) is 3.21. The van der Waals surface area contributed by atoms with Crippen LogP contribution < -0.4 is 5.32 Å². The number of H-pyrrole nitrogens is 2. The van der Waals surface area contributed by atoms with Crippen LogP contribution in [0.5, 0.6) is 0 Å². The average Bonchev–Trinajstić information content (AvgIpc) is 3.31. The zero-order valence-corrected chi connectivity index (χ0v) is 14.0. The maximum absolute atomic E-state index is 13.0. The molecule has 0 aliphatic rings. The minimum Gasteiger partial charge on any atom is -0.363 e. The van der Waals surface area contributed by atoms with Gasteiger partial charge in [0.25, 0.3) is 0 Å². The summed E-state index contributed by atoms with van der Waals surface area (Å²) in [7, 11) is 0. The van der Waals surface area contributed by atoms with Crippen molar-refractivity contribution in [3.05, 3.63) is 54.5 Å². The van der Waals surface area contributed by atoms with Crippen LogP contribution in [0.1, 0.15) is 24.4 Å². The predicted octanol–water partition coefficient (Wildman–Crippen LogP) is 3.93. The number of aromatic amines is 2. The van der Waals surface area contributed by atoms with Gasteiger partial charge in [0.05, 0.1) is 18.1 Å². The Hall–Kier alpha value is -3.43. The number of alkyl halides is 3. The summed E-state index contributed by atoms with van der Waals surface area (Å²) >= 11 is 0. The Morgan fingerprint density at radius 1 is 1.07 bits per heavy atom. The van der Waals surface area contributed by atoms with Crippen molar-refractivity contribution in [1.82, 2.24) is 29.9 Å². The molecular weight excluding hydrogens is 359 g/mol.